The molecule has 2 aromatic carbocycles. The number of hydrogen-bond donors (Lipinski definition) is 2. The zero-order valence-electron chi connectivity index (χ0n) is 16.0. The summed E-state index contributed by atoms with van der Waals surface area (Å²) >= 11 is 0. The van der Waals surface area contributed by atoms with E-state index in [1.54, 1.807) is 12.4 Å². The first-order valence-corrected chi connectivity index (χ1v) is 9.72. The first-order valence-electron chi connectivity index (χ1n) is 9.72. The van der Waals surface area contributed by atoms with Gasteiger partial charge in [-0.1, -0.05) is 54.6 Å². The quantitative estimate of drug-likeness (QED) is 0.582. The van der Waals surface area contributed by atoms with Crippen LogP contribution in [0.2, 0.25) is 0 Å². The molecule has 2 N–H and O–H groups in total. The Morgan fingerprint density at radius 1 is 1.03 bits per heavy atom. The summed E-state index contributed by atoms with van der Waals surface area (Å²) in [5.41, 5.74) is 5.68. The van der Waals surface area contributed by atoms with Crippen molar-refractivity contribution in [2.45, 2.75) is 24.9 Å². The fourth-order valence-electron chi connectivity index (χ4n) is 3.40. The predicted octanol–water partition coefficient (Wildman–Crippen LogP) is 3.36. The highest BCUT2D eigenvalue weighted by atomic mass is 16.3. The normalized spacial score (nSPS) is 18.1. The van der Waals surface area contributed by atoms with Crippen LogP contribution in [0.3, 0.4) is 0 Å². The van der Waals surface area contributed by atoms with E-state index in [9.17, 15) is 4.79 Å². The monoisotopic (exact) mass is 385 g/mol. The number of nitrogens with zero attached hydrogens (tertiary/aromatic N) is 2. The summed E-state index contributed by atoms with van der Waals surface area (Å²) in [4.78, 5) is 19.3. The Bertz CT molecular complexity index is 983. The molecule has 0 amide bonds. The van der Waals surface area contributed by atoms with Crippen LogP contribution in [0.25, 0.3) is 17.2 Å². The van der Waals surface area contributed by atoms with Crippen molar-refractivity contribution < 1.29 is 9.90 Å². The summed E-state index contributed by atoms with van der Waals surface area (Å²) in [6.07, 6.45) is 9.47. The summed E-state index contributed by atoms with van der Waals surface area (Å²) in [6, 6.07) is 17.3. The van der Waals surface area contributed by atoms with E-state index in [0.717, 1.165) is 29.7 Å². The zero-order valence-corrected chi connectivity index (χ0v) is 16.0. The fraction of sp³-hybridized carbons (Fsp3) is 0.208. The molecule has 1 aliphatic rings. The highest BCUT2D eigenvalue weighted by Crippen LogP contribution is 2.41. The minimum atomic E-state index is -0.454. The molecule has 1 heterocycles. The molecule has 29 heavy (non-hydrogen) atoms. The Balaban J connectivity index is 1.28. The van der Waals surface area contributed by atoms with E-state index in [4.69, 9.17) is 5.11 Å². The van der Waals surface area contributed by atoms with E-state index in [0.29, 0.717) is 12.0 Å². The van der Waals surface area contributed by atoms with Gasteiger partial charge in [0.25, 0.3) is 0 Å². The summed E-state index contributed by atoms with van der Waals surface area (Å²) < 4.78 is 0. The Kier molecular flexibility index (Phi) is 5.89. The van der Waals surface area contributed by atoms with Gasteiger partial charge < -0.3 is 10.4 Å². The van der Waals surface area contributed by atoms with Gasteiger partial charge in [0.15, 0.2) is 5.78 Å². The number of aromatic nitrogens is 2. The van der Waals surface area contributed by atoms with Crippen LogP contribution in [0, 0.1) is 0 Å². The van der Waals surface area contributed by atoms with Crippen LogP contribution in [0.5, 0.6) is 0 Å². The van der Waals surface area contributed by atoms with Crippen LogP contribution >= 0.6 is 0 Å². The molecular formula is C24H23N3O2. The van der Waals surface area contributed by atoms with E-state index >= 15 is 0 Å². The number of carbonyl (C=O) groups excluding carboxylic acids is 1. The van der Waals surface area contributed by atoms with Crippen molar-refractivity contribution in [1.29, 1.82) is 0 Å². The lowest BCUT2D eigenvalue weighted by molar-refractivity contribution is -0.117. The minimum Gasteiger partial charge on any atom is -0.388 e. The maximum absolute atomic E-state index is 11.1. The van der Waals surface area contributed by atoms with Gasteiger partial charge in [-0.25, -0.2) is 9.97 Å². The van der Waals surface area contributed by atoms with Gasteiger partial charge in [0.1, 0.15) is 12.9 Å². The van der Waals surface area contributed by atoms with Crippen molar-refractivity contribution in [2.24, 2.45) is 0 Å². The largest absolute Gasteiger partial charge is 0.388 e. The highest BCUT2D eigenvalue weighted by molar-refractivity contribution is 5.94. The molecule has 3 aromatic rings. The number of nitrogens with one attached hydrogen (secondary N) is 1. The van der Waals surface area contributed by atoms with E-state index in [-0.39, 0.29) is 5.78 Å². The Morgan fingerprint density at radius 3 is 2.45 bits per heavy atom. The number of carbonyl (C=O) groups is 1. The van der Waals surface area contributed by atoms with Crippen molar-refractivity contribution in [3.8, 4) is 11.1 Å². The third kappa shape index (κ3) is 5.02. The topological polar surface area (TPSA) is 75.1 Å². The number of hydrogen-bond acceptors (Lipinski definition) is 5. The van der Waals surface area contributed by atoms with Crippen molar-refractivity contribution in [1.82, 2.24) is 15.3 Å². The maximum atomic E-state index is 11.1. The molecule has 2 atom stereocenters. The van der Waals surface area contributed by atoms with Crippen LogP contribution in [-0.2, 0) is 11.3 Å². The molecule has 1 fully saturated rings. The van der Waals surface area contributed by atoms with Crippen LogP contribution in [-0.4, -0.2) is 33.5 Å². The Labute approximate surface area is 170 Å². The minimum absolute atomic E-state index is 0.291. The number of aliphatic hydroxyl groups is 1. The molecule has 1 saturated carbocycles. The Hall–Kier alpha value is -3.15. The van der Waals surface area contributed by atoms with E-state index < -0.39 is 6.61 Å². The third-order valence-electron chi connectivity index (χ3n) is 5.19. The zero-order chi connectivity index (χ0) is 20.1. The molecule has 0 bridgehead atoms. The van der Waals surface area contributed by atoms with Gasteiger partial charge in [-0.15, -0.1) is 0 Å². The van der Waals surface area contributed by atoms with Crippen LogP contribution < -0.4 is 5.32 Å². The summed E-state index contributed by atoms with van der Waals surface area (Å²) in [5.74, 6) is 0.267. The first kappa shape index (κ1) is 19.2. The molecule has 0 radical (unpaired) electrons. The van der Waals surface area contributed by atoms with Gasteiger partial charge in [-0.3, -0.25) is 4.79 Å². The second kappa shape index (κ2) is 8.90. The van der Waals surface area contributed by atoms with Crippen LogP contribution in [0.4, 0.5) is 0 Å². The van der Waals surface area contributed by atoms with E-state index in [2.05, 4.69) is 51.7 Å². The molecule has 4 rings (SSSR count). The molecule has 5 nitrogen and oxygen atoms in total. The van der Waals surface area contributed by atoms with Gasteiger partial charge in [0.05, 0.1) is 0 Å². The third-order valence-corrected chi connectivity index (χ3v) is 5.19. The SMILES string of the molecule is O=C(/C=C/c1ccc(CNC2CC2c2ccc(-c3cncnc3)cc2)cc1)CO. The maximum Gasteiger partial charge on any atom is 0.181 e. The van der Waals surface area contributed by atoms with E-state index in [1.807, 2.05) is 24.5 Å². The van der Waals surface area contributed by atoms with E-state index in [1.165, 1.54) is 17.2 Å². The lowest BCUT2D eigenvalue weighted by atomic mass is 10.0. The average molecular weight is 385 g/mol. The molecule has 146 valence electrons. The van der Waals surface area contributed by atoms with Gasteiger partial charge in [-0.2, -0.15) is 0 Å². The molecule has 2 unspecified atom stereocenters. The molecule has 1 aliphatic carbocycles. The summed E-state index contributed by atoms with van der Waals surface area (Å²) in [7, 11) is 0. The second-order valence-electron chi connectivity index (χ2n) is 7.28. The molecule has 0 spiro atoms. The molecular weight excluding hydrogens is 362 g/mol. The van der Waals surface area contributed by atoms with Gasteiger partial charge in [-0.05, 0) is 34.8 Å². The lowest BCUT2D eigenvalue weighted by Gasteiger charge is -2.06. The van der Waals surface area contributed by atoms with Gasteiger partial charge in [0, 0.05) is 36.5 Å². The summed E-state index contributed by atoms with van der Waals surface area (Å²) in [6.45, 7) is 0.366. The number of benzene rings is 2. The van der Waals surface area contributed by atoms with Crippen molar-refractivity contribution in [3.63, 3.8) is 0 Å². The standard InChI is InChI=1S/C24H23N3O2/c28-15-22(29)10-5-17-1-3-18(4-2-17)12-27-24-11-23(24)20-8-6-19(7-9-20)21-13-25-16-26-14-21/h1-10,13-14,16,23-24,27-28H,11-12,15H2/b10-5+. The summed E-state index contributed by atoms with van der Waals surface area (Å²) in [5, 5.41) is 12.4. The molecule has 0 saturated heterocycles. The number of ketones is 1. The Morgan fingerprint density at radius 2 is 1.76 bits per heavy atom. The van der Waals surface area contributed by atoms with Crippen LogP contribution in [0.15, 0.2) is 73.3 Å². The molecule has 5 heteroatoms. The smallest absolute Gasteiger partial charge is 0.181 e. The first-order chi connectivity index (χ1) is 14.2. The van der Waals surface area contributed by atoms with Crippen molar-refractivity contribution >= 4 is 11.9 Å². The second-order valence-corrected chi connectivity index (χ2v) is 7.28. The number of aliphatic hydroxyl groups excluding tert-OH is 1. The van der Waals surface area contributed by atoms with Crippen molar-refractivity contribution in [2.75, 3.05) is 6.61 Å². The predicted molar refractivity (Wildman–Crippen MR) is 113 cm³/mol. The molecule has 1 aromatic heterocycles. The fourth-order valence-corrected chi connectivity index (χ4v) is 3.40. The number of rotatable bonds is 8. The van der Waals surface area contributed by atoms with Crippen molar-refractivity contribution in [3.05, 3.63) is 90.0 Å². The molecule has 0 aliphatic heterocycles. The highest BCUT2D eigenvalue weighted by Gasteiger charge is 2.37. The van der Waals surface area contributed by atoms with Gasteiger partial charge in [0.2, 0.25) is 0 Å². The lowest BCUT2D eigenvalue weighted by Crippen LogP contribution is -2.17. The van der Waals surface area contributed by atoms with Crippen LogP contribution in [0.1, 0.15) is 29.0 Å². The average Bonchev–Trinajstić information content (AvgIpc) is 3.57. The van der Waals surface area contributed by atoms with Gasteiger partial charge >= 0.3 is 0 Å².